The van der Waals surface area contributed by atoms with Crippen molar-refractivity contribution in [2.24, 2.45) is 0 Å². The average Bonchev–Trinajstić information content (AvgIpc) is 2.84. The lowest BCUT2D eigenvalue weighted by Crippen LogP contribution is -2.16. The van der Waals surface area contributed by atoms with E-state index in [0.29, 0.717) is 11.3 Å². The number of aliphatic hydroxyl groups excluding tert-OH is 1. The normalized spacial score (nSPS) is 16.0. The second-order valence-electron chi connectivity index (χ2n) is 4.11. The highest BCUT2D eigenvalue weighted by Gasteiger charge is 2.29. The van der Waals surface area contributed by atoms with Crippen molar-refractivity contribution >= 4 is 5.97 Å². The molecule has 1 aromatic rings. The summed E-state index contributed by atoms with van der Waals surface area (Å²) in [7, 11) is 0. The number of aliphatic hydroxyl groups is 1. The Hall–Kier alpha value is -1.82. The average molecular weight is 270 g/mol. The van der Waals surface area contributed by atoms with Crippen molar-refractivity contribution in [3.05, 3.63) is 23.3 Å². The quantitative estimate of drug-likeness (QED) is 0.848. The molecule has 0 fully saturated rings. The molecule has 0 aromatic heterocycles. The van der Waals surface area contributed by atoms with E-state index in [1.165, 1.54) is 19.1 Å². The highest BCUT2D eigenvalue weighted by Crippen LogP contribution is 2.41. The number of carbonyl (C=O) groups excluding carboxylic acids is 1. The largest absolute Gasteiger partial charge is 0.464 e. The minimum atomic E-state index is -1.52. The Bertz CT molecular complexity index is 486. The van der Waals surface area contributed by atoms with E-state index in [2.05, 4.69) is 0 Å². The smallest absolute Gasteiger partial charge is 0.339 e. The molecular formula is C13H15FO5. The van der Waals surface area contributed by atoms with Gasteiger partial charge in [-0.25, -0.2) is 9.18 Å². The second-order valence-corrected chi connectivity index (χ2v) is 4.11. The molecule has 5 nitrogen and oxygen atoms in total. The van der Waals surface area contributed by atoms with Gasteiger partial charge in [0.2, 0.25) is 6.79 Å². The molecule has 1 aliphatic rings. The number of ether oxygens (including phenoxy) is 3. The van der Waals surface area contributed by atoms with Crippen molar-refractivity contribution < 1.29 is 28.5 Å². The van der Waals surface area contributed by atoms with Crippen LogP contribution in [0.2, 0.25) is 0 Å². The van der Waals surface area contributed by atoms with Crippen molar-refractivity contribution in [2.75, 3.05) is 13.4 Å². The van der Waals surface area contributed by atoms with Gasteiger partial charge in [0.15, 0.2) is 17.6 Å². The van der Waals surface area contributed by atoms with Crippen molar-refractivity contribution in [3.8, 4) is 11.5 Å². The van der Waals surface area contributed by atoms with Gasteiger partial charge in [-0.15, -0.1) is 0 Å². The van der Waals surface area contributed by atoms with Crippen LogP contribution in [-0.4, -0.2) is 24.5 Å². The van der Waals surface area contributed by atoms with E-state index in [0.717, 1.165) is 0 Å². The fraction of sp³-hybridized carbons (Fsp3) is 0.462. The predicted octanol–water partition coefficient (Wildman–Crippen LogP) is 2.04. The van der Waals surface area contributed by atoms with Crippen LogP contribution in [0.1, 0.15) is 37.3 Å². The molecule has 0 saturated carbocycles. The SMILES string of the molecule is CCOC(=O)C(O)c1cc(C(C)F)cc2c1OCO2. The Kier molecular flexibility index (Phi) is 3.90. The first kappa shape index (κ1) is 13.6. The molecular weight excluding hydrogens is 255 g/mol. The van der Waals surface area contributed by atoms with Gasteiger partial charge in [0.1, 0.15) is 6.17 Å². The molecule has 0 amide bonds. The molecule has 0 aliphatic carbocycles. The summed E-state index contributed by atoms with van der Waals surface area (Å²) >= 11 is 0. The maximum Gasteiger partial charge on any atom is 0.339 e. The number of carbonyl (C=O) groups is 1. The molecule has 2 unspecified atom stereocenters. The summed E-state index contributed by atoms with van der Waals surface area (Å²) in [5.41, 5.74) is 0.468. The van der Waals surface area contributed by atoms with Crippen molar-refractivity contribution in [2.45, 2.75) is 26.1 Å². The van der Waals surface area contributed by atoms with E-state index < -0.39 is 18.2 Å². The van der Waals surface area contributed by atoms with Gasteiger partial charge < -0.3 is 19.3 Å². The summed E-state index contributed by atoms with van der Waals surface area (Å²) in [4.78, 5) is 11.6. The molecule has 0 radical (unpaired) electrons. The van der Waals surface area contributed by atoms with Gasteiger partial charge in [0, 0.05) is 5.56 Å². The van der Waals surface area contributed by atoms with Gasteiger partial charge in [-0.3, -0.25) is 0 Å². The number of hydrogen-bond acceptors (Lipinski definition) is 5. The van der Waals surface area contributed by atoms with E-state index in [1.807, 2.05) is 0 Å². The molecule has 1 heterocycles. The Labute approximate surface area is 109 Å². The van der Waals surface area contributed by atoms with Gasteiger partial charge in [-0.2, -0.15) is 0 Å². The van der Waals surface area contributed by atoms with Gasteiger partial charge in [0.05, 0.1) is 6.61 Å². The summed E-state index contributed by atoms with van der Waals surface area (Å²) in [5, 5.41) is 9.96. The van der Waals surface area contributed by atoms with Crippen LogP contribution in [0.5, 0.6) is 11.5 Å². The maximum atomic E-state index is 13.4. The van der Waals surface area contributed by atoms with Gasteiger partial charge in [-0.05, 0) is 31.5 Å². The van der Waals surface area contributed by atoms with E-state index in [9.17, 15) is 14.3 Å². The zero-order valence-corrected chi connectivity index (χ0v) is 10.7. The first-order chi connectivity index (χ1) is 9.04. The molecule has 6 heteroatoms. The van der Waals surface area contributed by atoms with Crippen LogP contribution in [0.25, 0.3) is 0 Å². The lowest BCUT2D eigenvalue weighted by atomic mass is 10.0. The molecule has 19 heavy (non-hydrogen) atoms. The Morgan fingerprint density at radius 3 is 2.89 bits per heavy atom. The van der Waals surface area contributed by atoms with Crippen LogP contribution < -0.4 is 9.47 Å². The van der Waals surface area contributed by atoms with Gasteiger partial charge in [-0.1, -0.05) is 0 Å². The summed E-state index contributed by atoms with van der Waals surface area (Å²) in [6.07, 6.45) is -2.77. The first-order valence-electron chi connectivity index (χ1n) is 5.96. The van der Waals surface area contributed by atoms with Crippen LogP contribution in [-0.2, 0) is 9.53 Å². The lowest BCUT2D eigenvalue weighted by Gasteiger charge is -2.14. The van der Waals surface area contributed by atoms with E-state index in [4.69, 9.17) is 14.2 Å². The molecule has 2 atom stereocenters. The zero-order chi connectivity index (χ0) is 14.0. The van der Waals surface area contributed by atoms with Gasteiger partial charge >= 0.3 is 5.97 Å². The van der Waals surface area contributed by atoms with E-state index >= 15 is 0 Å². The molecule has 2 rings (SSSR count). The number of fused-ring (bicyclic) bond motifs is 1. The third kappa shape index (κ3) is 2.63. The molecule has 1 aliphatic heterocycles. The Balaban J connectivity index is 2.41. The number of benzene rings is 1. The highest BCUT2D eigenvalue weighted by atomic mass is 19.1. The molecule has 0 bridgehead atoms. The second kappa shape index (κ2) is 5.44. The zero-order valence-electron chi connectivity index (χ0n) is 10.7. The highest BCUT2D eigenvalue weighted by molar-refractivity contribution is 5.78. The van der Waals surface area contributed by atoms with Crippen LogP contribution in [0, 0.1) is 0 Å². The topological polar surface area (TPSA) is 65.0 Å². The van der Waals surface area contributed by atoms with E-state index in [-0.39, 0.29) is 24.7 Å². The predicted molar refractivity (Wildman–Crippen MR) is 63.7 cm³/mol. The molecule has 1 N–H and O–H groups in total. The van der Waals surface area contributed by atoms with Crippen LogP contribution in [0.15, 0.2) is 12.1 Å². The van der Waals surface area contributed by atoms with Crippen molar-refractivity contribution in [1.82, 2.24) is 0 Å². The number of rotatable bonds is 4. The fourth-order valence-corrected chi connectivity index (χ4v) is 1.84. The minimum absolute atomic E-state index is 0.0258. The Morgan fingerprint density at radius 2 is 2.26 bits per heavy atom. The summed E-state index contributed by atoms with van der Waals surface area (Å²) in [6, 6.07) is 2.88. The minimum Gasteiger partial charge on any atom is -0.464 e. The van der Waals surface area contributed by atoms with Crippen molar-refractivity contribution in [1.29, 1.82) is 0 Å². The number of alkyl halides is 1. The third-order valence-electron chi connectivity index (χ3n) is 2.79. The fourth-order valence-electron chi connectivity index (χ4n) is 1.84. The summed E-state index contributed by atoms with van der Waals surface area (Å²) < 4.78 is 28.5. The number of hydrogen-bond donors (Lipinski definition) is 1. The third-order valence-corrected chi connectivity index (χ3v) is 2.79. The molecule has 104 valence electrons. The molecule has 0 spiro atoms. The Morgan fingerprint density at radius 1 is 1.53 bits per heavy atom. The van der Waals surface area contributed by atoms with Crippen molar-refractivity contribution in [3.63, 3.8) is 0 Å². The van der Waals surface area contributed by atoms with Crippen LogP contribution in [0.4, 0.5) is 4.39 Å². The number of halogens is 1. The maximum absolute atomic E-state index is 13.4. The van der Waals surface area contributed by atoms with Crippen LogP contribution in [0.3, 0.4) is 0 Å². The standard InChI is InChI=1S/C13H15FO5/c1-3-17-13(16)11(15)9-4-8(7(2)14)5-10-12(9)19-6-18-10/h4-5,7,11,15H,3,6H2,1-2H3. The molecule has 0 saturated heterocycles. The summed E-state index contributed by atoms with van der Waals surface area (Å²) in [6.45, 7) is 3.11. The lowest BCUT2D eigenvalue weighted by molar-refractivity contribution is -0.153. The summed E-state index contributed by atoms with van der Waals surface area (Å²) in [5.74, 6) is -0.228. The monoisotopic (exact) mass is 270 g/mol. The van der Waals surface area contributed by atoms with Crippen LogP contribution >= 0.6 is 0 Å². The first-order valence-corrected chi connectivity index (χ1v) is 5.96. The van der Waals surface area contributed by atoms with Gasteiger partial charge in [0.25, 0.3) is 0 Å². The number of esters is 1. The van der Waals surface area contributed by atoms with E-state index in [1.54, 1.807) is 6.92 Å². The molecule has 1 aromatic carbocycles.